The summed E-state index contributed by atoms with van der Waals surface area (Å²) in [5, 5.41) is 109. The van der Waals surface area contributed by atoms with E-state index in [2.05, 4.69) is 0 Å². The number of aliphatic hydroxyl groups excluding tert-OH is 11. The van der Waals surface area contributed by atoms with E-state index >= 15 is 0 Å². The van der Waals surface area contributed by atoms with E-state index in [4.69, 9.17) is 23.7 Å². The van der Waals surface area contributed by atoms with E-state index in [9.17, 15) is 56.2 Å². The van der Waals surface area contributed by atoms with Crippen LogP contribution in [0.4, 0.5) is 0 Å². The summed E-state index contributed by atoms with van der Waals surface area (Å²) in [5.74, 6) is -2.36. The molecule has 16 nitrogen and oxygen atoms in total. The van der Waals surface area contributed by atoms with Crippen molar-refractivity contribution in [3.63, 3.8) is 0 Å². The lowest BCUT2D eigenvalue weighted by Gasteiger charge is -2.44. The zero-order valence-corrected chi connectivity index (χ0v) is 17.8. The van der Waals surface area contributed by atoms with Gasteiger partial charge in [0.2, 0.25) is 5.79 Å². The van der Waals surface area contributed by atoms with E-state index < -0.39 is 112 Å². The molecule has 0 bridgehead atoms. The second kappa shape index (κ2) is 11.2. The number of hydrogen-bond donors (Lipinski definition) is 11. The van der Waals surface area contributed by atoms with Crippen LogP contribution in [0.2, 0.25) is 0 Å². The molecule has 0 saturated carbocycles. The van der Waals surface area contributed by atoms with Gasteiger partial charge in [-0.15, -0.1) is 0 Å². The Labute approximate surface area is 192 Å². The van der Waals surface area contributed by atoms with Gasteiger partial charge >= 0.3 is 0 Å². The van der Waals surface area contributed by atoms with Crippen LogP contribution in [0.5, 0.6) is 0 Å². The third kappa shape index (κ3) is 5.09. The van der Waals surface area contributed by atoms with E-state index in [1.165, 1.54) is 0 Å². The van der Waals surface area contributed by atoms with Crippen LogP contribution >= 0.6 is 0 Å². The van der Waals surface area contributed by atoms with Gasteiger partial charge in [-0.3, -0.25) is 0 Å². The summed E-state index contributed by atoms with van der Waals surface area (Å²) in [6.07, 6.45) is -21.8. The van der Waals surface area contributed by atoms with Crippen molar-refractivity contribution in [2.45, 2.75) is 85.5 Å². The van der Waals surface area contributed by atoms with Crippen LogP contribution < -0.4 is 0 Å². The molecule has 3 fully saturated rings. The van der Waals surface area contributed by atoms with Crippen LogP contribution in [-0.4, -0.2) is 168 Å². The molecule has 14 atom stereocenters. The first-order valence-corrected chi connectivity index (χ1v) is 10.6. The van der Waals surface area contributed by atoms with E-state index in [0.29, 0.717) is 0 Å². The molecule has 16 heteroatoms. The first-order chi connectivity index (χ1) is 16.0. The van der Waals surface area contributed by atoms with Crippen molar-refractivity contribution in [1.82, 2.24) is 0 Å². The van der Waals surface area contributed by atoms with E-state index in [-0.39, 0.29) is 0 Å². The van der Waals surface area contributed by atoms with Gasteiger partial charge in [-0.1, -0.05) is 0 Å². The van der Waals surface area contributed by atoms with Gasteiger partial charge < -0.3 is 79.9 Å². The minimum Gasteiger partial charge on any atom is -0.394 e. The molecule has 200 valence electrons. The fraction of sp³-hybridized carbons (Fsp3) is 1.00. The molecule has 0 aromatic carbocycles. The Kier molecular flexibility index (Phi) is 9.18. The third-order valence-corrected chi connectivity index (χ3v) is 6.16. The lowest BCUT2D eigenvalue weighted by Crippen LogP contribution is -2.63. The third-order valence-electron chi connectivity index (χ3n) is 6.16. The topological polar surface area (TPSA) is 269 Å². The lowest BCUT2D eigenvalue weighted by atomic mass is 9.98. The Morgan fingerprint density at radius 2 is 1.12 bits per heavy atom. The van der Waals surface area contributed by atoms with Gasteiger partial charge in [0.15, 0.2) is 12.6 Å². The summed E-state index contributed by atoms with van der Waals surface area (Å²) < 4.78 is 26.4. The Balaban J connectivity index is 1.69. The Bertz CT molecular complexity index is 653. The van der Waals surface area contributed by atoms with Gasteiger partial charge in [0.1, 0.15) is 73.8 Å². The first-order valence-electron chi connectivity index (χ1n) is 10.6. The van der Waals surface area contributed by atoms with Crippen LogP contribution in [0.25, 0.3) is 0 Å². The molecular weight excluding hydrogens is 472 g/mol. The molecule has 0 radical (unpaired) electrons. The number of aliphatic hydroxyl groups is 11. The number of rotatable bonds is 8. The van der Waals surface area contributed by atoms with Gasteiger partial charge in [-0.25, -0.2) is 0 Å². The second-order valence-electron chi connectivity index (χ2n) is 8.41. The second-order valence-corrected chi connectivity index (χ2v) is 8.41. The van der Waals surface area contributed by atoms with Crippen LogP contribution in [-0.2, 0) is 23.7 Å². The van der Waals surface area contributed by atoms with E-state index in [1.807, 2.05) is 0 Å². The predicted molar refractivity (Wildman–Crippen MR) is 101 cm³/mol. The molecule has 3 rings (SSSR count). The highest BCUT2D eigenvalue weighted by Crippen LogP contribution is 2.36. The largest absolute Gasteiger partial charge is 0.394 e. The molecule has 11 N–H and O–H groups in total. The summed E-state index contributed by atoms with van der Waals surface area (Å²) >= 11 is 0. The lowest BCUT2D eigenvalue weighted by molar-refractivity contribution is -0.388. The maximum atomic E-state index is 10.3. The zero-order valence-electron chi connectivity index (χ0n) is 17.8. The van der Waals surface area contributed by atoms with Gasteiger partial charge in [0.05, 0.1) is 19.8 Å². The summed E-state index contributed by atoms with van der Waals surface area (Å²) in [7, 11) is 0. The van der Waals surface area contributed by atoms with Crippen LogP contribution in [0.3, 0.4) is 0 Å². The highest BCUT2D eigenvalue weighted by atomic mass is 16.8. The van der Waals surface area contributed by atoms with Crippen molar-refractivity contribution in [1.29, 1.82) is 0 Å². The molecule has 0 aromatic heterocycles. The van der Waals surface area contributed by atoms with Crippen molar-refractivity contribution < 1.29 is 79.9 Å². The molecule has 3 heterocycles. The smallest absolute Gasteiger partial charge is 0.224 e. The van der Waals surface area contributed by atoms with Crippen molar-refractivity contribution in [3.05, 3.63) is 0 Å². The highest BCUT2D eigenvalue weighted by Gasteiger charge is 2.58. The maximum Gasteiger partial charge on any atom is 0.224 e. The molecule has 0 aromatic rings. The molecule has 34 heavy (non-hydrogen) atoms. The van der Waals surface area contributed by atoms with E-state index in [1.54, 1.807) is 0 Å². The summed E-state index contributed by atoms with van der Waals surface area (Å²) in [6, 6.07) is 0. The Hall–Kier alpha value is -0.640. The normalized spacial score (nSPS) is 52.1. The molecule has 0 amide bonds. The summed E-state index contributed by atoms with van der Waals surface area (Å²) in [4.78, 5) is 0. The molecule has 0 aliphatic carbocycles. The Morgan fingerprint density at radius 3 is 1.65 bits per heavy atom. The van der Waals surface area contributed by atoms with Gasteiger partial charge in [0.25, 0.3) is 0 Å². The minimum absolute atomic E-state index is 0.634. The monoisotopic (exact) mass is 504 g/mol. The Morgan fingerprint density at radius 1 is 0.588 bits per heavy atom. The van der Waals surface area contributed by atoms with Gasteiger partial charge in [-0.2, -0.15) is 0 Å². The fourth-order valence-corrected chi connectivity index (χ4v) is 4.01. The van der Waals surface area contributed by atoms with Gasteiger partial charge in [-0.05, 0) is 0 Å². The van der Waals surface area contributed by atoms with Crippen molar-refractivity contribution in [3.8, 4) is 0 Å². The minimum atomic E-state index is -2.36. The average molecular weight is 504 g/mol. The summed E-state index contributed by atoms with van der Waals surface area (Å²) in [5.41, 5.74) is 0. The zero-order chi connectivity index (χ0) is 25.4. The molecule has 7 unspecified atom stereocenters. The molecule has 3 aliphatic heterocycles. The predicted octanol–water partition coefficient (Wildman–Crippen LogP) is -7.57. The van der Waals surface area contributed by atoms with Gasteiger partial charge in [0, 0.05) is 0 Å². The molecular formula is C18H32O16. The van der Waals surface area contributed by atoms with Crippen molar-refractivity contribution >= 4 is 0 Å². The molecule has 3 aliphatic rings. The van der Waals surface area contributed by atoms with E-state index in [0.717, 1.165) is 0 Å². The number of ether oxygens (including phenoxy) is 5. The average Bonchev–Trinajstić information content (AvgIpc) is 3.08. The summed E-state index contributed by atoms with van der Waals surface area (Å²) in [6.45, 7) is -3.14. The highest BCUT2D eigenvalue weighted by molar-refractivity contribution is 4.98. The van der Waals surface area contributed by atoms with Crippen LogP contribution in [0.1, 0.15) is 0 Å². The van der Waals surface area contributed by atoms with Crippen LogP contribution in [0, 0.1) is 0 Å². The SMILES string of the molecule is OCC1O[C@H](OCC2O[C@H](O[C@]3(CO)O[C@@H](CO)C(O)[C@H]3O)C(O)C(O)[C@@H]2O)C(O)C(O)[C@@H]1O. The van der Waals surface area contributed by atoms with Crippen molar-refractivity contribution in [2.75, 3.05) is 26.4 Å². The molecule has 0 spiro atoms. The molecule has 3 saturated heterocycles. The fourth-order valence-electron chi connectivity index (χ4n) is 4.01. The van der Waals surface area contributed by atoms with Crippen LogP contribution in [0.15, 0.2) is 0 Å². The number of hydrogen-bond acceptors (Lipinski definition) is 16. The quantitative estimate of drug-likeness (QED) is 0.146. The first kappa shape index (κ1) is 27.9. The maximum absolute atomic E-state index is 10.3. The standard InChI is InChI=1S/C18H32O16/c19-1-5-8(22)11(25)13(27)16(31-5)30-3-7-9(23)12(26)14(28)17(32-7)34-18(4-21)15(29)10(24)6(2-20)33-18/h5-17,19-29H,1-4H2/t5?,6-,7?,8+,9+,10?,11?,12?,13?,14?,15+,16-,17+,18-/m0/s1. The van der Waals surface area contributed by atoms with Crippen molar-refractivity contribution in [2.24, 2.45) is 0 Å².